The molecule has 0 spiro atoms. The molecule has 0 saturated heterocycles. The number of primary amides is 4. The summed E-state index contributed by atoms with van der Waals surface area (Å²) in [5.74, 6) is -14.6. The molecule has 81 heavy (non-hydrogen) atoms. The van der Waals surface area contributed by atoms with Crippen molar-refractivity contribution in [3.63, 3.8) is 0 Å². The number of nitrogens with one attached hydrogen (secondary N) is 6. The van der Waals surface area contributed by atoms with Crippen LogP contribution in [0.2, 0.25) is 0 Å². The Kier molecular flexibility index (Phi) is 27.3. The quantitative estimate of drug-likeness (QED) is 0.0198. The molecule has 30 nitrogen and oxygen atoms in total. The number of hydrogen-bond acceptors (Lipinski definition) is 18. The maximum Gasteiger partial charge on any atom is 0.314 e. The lowest BCUT2D eigenvalue weighted by Gasteiger charge is -2.25. The van der Waals surface area contributed by atoms with Crippen molar-refractivity contribution in [2.75, 3.05) is 0 Å². The van der Waals surface area contributed by atoms with E-state index in [9.17, 15) is 86.2 Å². The number of rotatable bonds is 36. The number of nitro groups is 2. The molecule has 31 heteroatoms. The van der Waals surface area contributed by atoms with Gasteiger partial charge >= 0.3 is 12.1 Å². The Morgan fingerprint density at radius 2 is 0.741 bits per heavy atom. The highest BCUT2D eigenvalue weighted by Gasteiger charge is 2.38. The molecule has 440 valence electrons. The van der Waals surface area contributed by atoms with Crippen molar-refractivity contribution in [1.29, 1.82) is 0 Å². The molecule has 2 aromatic rings. The Balaban J connectivity index is 2.36. The van der Waals surface area contributed by atoms with Crippen LogP contribution in [-0.2, 0) is 67.4 Å². The minimum atomic E-state index is -4.65. The van der Waals surface area contributed by atoms with Gasteiger partial charge in [-0.25, -0.2) is 8.42 Å². The summed E-state index contributed by atoms with van der Waals surface area (Å²) < 4.78 is 26.4. The van der Waals surface area contributed by atoms with Crippen LogP contribution in [0, 0.1) is 32.1 Å². The summed E-state index contributed by atoms with van der Waals surface area (Å²) in [5.41, 5.74) is 21.1. The van der Waals surface area contributed by atoms with Gasteiger partial charge < -0.3 is 54.8 Å². The van der Waals surface area contributed by atoms with Crippen molar-refractivity contribution in [3.05, 3.63) is 115 Å². The van der Waals surface area contributed by atoms with Crippen molar-refractivity contribution in [3.8, 4) is 0 Å². The van der Waals surface area contributed by atoms with Crippen LogP contribution in [0.1, 0.15) is 102 Å². The number of nitrogens with two attached hydrogens (primary N) is 4. The minimum absolute atomic E-state index is 0.0694. The predicted octanol–water partition coefficient (Wildman–Crippen LogP) is -2.11. The van der Waals surface area contributed by atoms with Gasteiger partial charge in [-0.2, -0.15) is 0 Å². The summed E-state index contributed by atoms with van der Waals surface area (Å²) in [5, 5.41) is 37.9. The van der Waals surface area contributed by atoms with E-state index in [1.807, 2.05) is 0 Å². The first-order chi connectivity index (χ1) is 37.8. The molecule has 0 radical (unpaired) electrons. The third kappa shape index (κ3) is 24.5. The lowest BCUT2D eigenvalue weighted by Crippen LogP contribution is -2.57. The molecule has 2 aromatic carbocycles. The van der Waals surface area contributed by atoms with E-state index in [-0.39, 0.29) is 35.8 Å². The number of carbonyl (C=O) groups excluding carboxylic acids is 12. The number of ketones is 2. The molecule has 0 aliphatic heterocycles. The summed E-state index contributed by atoms with van der Waals surface area (Å²) in [4.78, 5) is 178. The van der Waals surface area contributed by atoms with E-state index in [4.69, 9.17) is 22.9 Å². The number of benzene rings is 2. The van der Waals surface area contributed by atoms with E-state index in [0.717, 1.165) is 0 Å². The summed E-state index contributed by atoms with van der Waals surface area (Å²) >= 11 is 0. The molecular weight excluding hydrogens is 1090 g/mol. The fourth-order valence-electron chi connectivity index (χ4n) is 7.57. The lowest BCUT2D eigenvalue weighted by molar-refractivity contribution is -0.513. The minimum Gasteiger partial charge on any atom is -0.370 e. The third-order valence-electron chi connectivity index (χ3n) is 11.4. The van der Waals surface area contributed by atoms with Crippen LogP contribution in [-0.4, -0.2) is 125 Å². The molecule has 14 N–H and O–H groups in total. The molecule has 8 atom stereocenters. The van der Waals surface area contributed by atoms with Crippen LogP contribution in [0.4, 0.5) is 0 Å². The van der Waals surface area contributed by atoms with Crippen LogP contribution in [0.5, 0.6) is 0 Å². The van der Waals surface area contributed by atoms with Gasteiger partial charge in [-0.1, -0.05) is 88.4 Å². The molecule has 2 unspecified atom stereocenters. The summed E-state index contributed by atoms with van der Waals surface area (Å²) in [6.45, 7) is 6.47. The van der Waals surface area contributed by atoms with Crippen LogP contribution < -0.4 is 54.8 Å². The average molecular weight is 1160 g/mol. The first kappa shape index (κ1) is 67.8. The first-order valence-electron chi connectivity index (χ1n) is 24.8. The summed E-state index contributed by atoms with van der Waals surface area (Å²) in [6.07, 6.45) is -3.25. The van der Waals surface area contributed by atoms with Crippen LogP contribution in [0.15, 0.2) is 83.6 Å². The molecule has 2 rings (SSSR count). The maximum atomic E-state index is 13.7. The zero-order valence-electron chi connectivity index (χ0n) is 44.5. The second kappa shape index (κ2) is 32.6. The number of hydrogen-bond donors (Lipinski definition) is 10. The molecule has 0 bridgehead atoms. The van der Waals surface area contributed by atoms with Crippen LogP contribution in [0.3, 0.4) is 0 Å². The smallest absolute Gasteiger partial charge is 0.314 e. The Morgan fingerprint density at radius 1 is 0.457 bits per heavy atom. The zero-order chi connectivity index (χ0) is 61.3. The second-order valence-electron chi connectivity index (χ2n) is 19.2. The lowest BCUT2D eigenvalue weighted by atomic mass is 9.99. The van der Waals surface area contributed by atoms with Gasteiger partial charge in [0.1, 0.15) is 24.2 Å². The molecule has 0 heterocycles. The van der Waals surface area contributed by atoms with E-state index in [1.54, 1.807) is 27.7 Å². The Labute approximate surface area is 464 Å². The highest BCUT2D eigenvalue weighted by molar-refractivity contribution is 7.97. The standard InChI is InChI=1S/C50H66N12O18S/c1-27(2)23-33(57-47(71)35(25-41(53)67)59-45(69)31(15-17-39(51)65)55-49(73)43(61(75)76)29-11-7-5-8-12-29)37(63)19-21-81(79,80)22-20-38(64)34(24-28(3)4)58-48(72)36(26-42(54)68)60-46(70)32(16-18-40(52)66)56-50(74)44(62(77)78)30-13-9-6-10-14-30/h5-14,19-22,27-28,31-36,43-44H,15-18,23-26H2,1-4H3,(H2,51,65)(H2,52,66)(H2,53,67)(H2,54,68)(H,55,73)(H,56,74)(H,57,71)(H,58,72)(H,59,69)(H,60,70)/t31-,32-,33-,34-,35-,36-,43?,44?/m0/s1. The van der Waals surface area contributed by atoms with Gasteiger partial charge in [-0.05, 0) is 49.7 Å². The van der Waals surface area contributed by atoms with Crippen LogP contribution >= 0.6 is 0 Å². The first-order valence-corrected chi connectivity index (χ1v) is 26.4. The fourth-order valence-corrected chi connectivity index (χ4v) is 8.31. The van der Waals surface area contributed by atoms with E-state index >= 15 is 0 Å². The largest absolute Gasteiger partial charge is 0.370 e. The highest BCUT2D eigenvalue weighted by atomic mass is 32.2. The van der Waals surface area contributed by atoms with Crippen molar-refractivity contribution >= 4 is 80.5 Å². The van der Waals surface area contributed by atoms with E-state index in [1.165, 1.54) is 60.7 Å². The van der Waals surface area contributed by atoms with Gasteiger partial charge in [-0.3, -0.25) is 77.8 Å². The molecule has 0 saturated carbocycles. The highest BCUT2D eigenvalue weighted by Crippen LogP contribution is 2.19. The molecular formula is C50H66N12O18S. The second-order valence-corrected chi connectivity index (χ2v) is 20.9. The molecule has 0 aliphatic rings. The third-order valence-corrected chi connectivity index (χ3v) is 12.5. The van der Waals surface area contributed by atoms with Gasteiger partial charge in [0.05, 0.1) is 24.9 Å². The number of sulfone groups is 1. The van der Waals surface area contributed by atoms with E-state index < -0.39 is 177 Å². The Hall–Kier alpha value is -9.29. The monoisotopic (exact) mass is 1150 g/mol. The molecule has 0 aliphatic carbocycles. The Morgan fingerprint density at radius 3 is 1.01 bits per heavy atom. The van der Waals surface area contributed by atoms with Crippen molar-refractivity contribution in [2.45, 2.75) is 127 Å². The van der Waals surface area contributed by atoms with Gasteiger partial charge in [0.2, 0.25) is 47.3 Å². The van der Waals surface area contributed by atoms with E-state index in [2.05, 4.69) is 31.9 Å². The van der Waals surface area contributed by atoms with Gasteiger partial charge in [0, 0.05) is 44.6 Å². The number of nitrogens with zero attached hydrogens (tertiary/aromatic N) is 2. The van der Waals surface area contributed by atoms with Gasteiger partial charge in [-0.15, -0.1) is 0 Å². The fraction of sp³-hybridized carbons (Fsp3) is 0.440. The average Bonchev–Trinajstić information content (AvgIpc) is 3.36. The molecule has 0 fully saturated rings. The van der Waals surface area contributed by atoms with Gasteiger partial charge in [0.25, 0.3) is 11.8 Å². The van der Waals surface area contributed by atoms with E-state index in [0.29, 0.717) is 23.0 Å². The summed E-state index contributed by atoms with van der Waals surface area (Å²) in [6, 6.07) is -0.597. The predicted molar refractivity (Wildman–Crippen MR) is 285 cm³/mol. The Bertz CT molecular complexity index is 2660. The van der Waals surface area contributed by atoms with Gasteiger partial charge in [0.15, 0.2) is 21.4 Å². The van der Waals surface area contributed by atoms with Crippen molar-refractivity contribution in [2.24, 2.45) is 34.8 Å². The molecule has 10 amide bonds. The van der Waals surface area contributed by atoms with Crippen LogP contribution in [0.25, 0.3) is 0 Å². The molecule has 0 aromatic heterocycles. The maximum absolute atomic E-state index is 13.7. The number of amides is 10. The normalized spacial score (nSPS) is 14.4. The van der Waals surface area contributed by atoms with Crippen molar-refractivity contribution in [1.82, 2.24) is 31.9 Å². The topological polar surface area (TPSA) is 502 Å². The zero-order valence-corrected chi connectivity index (χ0v) is 45.3. The van der Waals surface area contributed by atoms with Crippen molar-refractivity contribution < 1.29 is 75.8 Å². The summed E-state index contributed by atoms with van der Waals surface area (Å²) in [7, 11) is -4.65. The number of carbonyl (C=O) groups is 12. The SMILES string of the molecule is CC(C)C[C@H](NC(=O)[C@H](CC(N)=O)NC(=O)[C@H](CCC(N)=O)NC(=O)C(c1ccccc1)[N+](=O)[O-])C(=O)C=CS(=O)(=O)C=CC(=O)[C@H](CC(C)C)NC(=O)[C@H](CC(N)=O)NC(=O)[C@H](CCC(N)=O)NC(=O)C(c1ccccc1)[N+](=O)[O-].